The predicted octanol–water partition coefficient (Wildman–Crippen LogP) is 6.75. The van der Waals surface area contributed by atoms with Crippen molar-refractivity contribution < 1.29 is 57.2 Å². The molecule has 4 aliphatic carbocycles. The van der Waals surface area contributed by atoms with E-state index in [1.54, 1.807) is 6.07 Å². The molecule has 3 aromatic rings. The number of phenols is 1. The van der Waals surface area contributed by atoms with Crippen LogP contribution in [0.15, 0.2) is 42.5 Å². The summed E-state index contributed by atoms with van der Waals surface area (Å²) in [6, 6.07) is 13.9. The first-order chi connectivity index (χ1) is 43.0. The number of halogens is 2. The van der Waals surface area contributed by atoms with Crippen molar-refractivity contribution in [3.8, 4) is 11.5 Å². The summed E-state index contributed by atoms with van der Waals surface area (Å²) in [7, 11) is 0. The third kappa shape index (κ3) is 14.9. The molecule has 5 amide bonds. The van der Waals surface area contributed by atoms with Gasteiger partial charge in [-0.2, -0.15) is 0 Å². The van der Waals surface area contributed by atoms with Gasteiger partial charge in [0.15, 0.2) is 11.5 Å². The zero-order valence-electron chi connectivity index (χ0n) is 52.3. The van der Waals surface area contributed by atoms with Crippen LogP contribution < -0.4 is 31.3 Å². The molecule has 3 saturated heterocycles. The molecule has 7 N–H and O–H groups in total. The number of aliphatic hydroxyl groups is 1. The normalized spacial score (nSPS) is 27.1. The Kier molecular flexibility index (Phi) is 20.9. The summed E-state index contributed by atoms with van der Waals surface area (Å²) in [5, 5.41) is 47.9. The van der Waals surface area contributed by atoms with Crippen LogP contribution in [0.2, 0.25) is 0 Å². The number of hydrogen-bond donors (Lipinski definition) is 7. The number of carbonyl (C=O) groups is 5. The Morgan fingerprint density at radius 2 is 1.36 bits per heavy atom. The van der Waals surface area contributed by atoms with Crippen LogP contribution in [0, 0.1) is 11.8 Å². The average Bonchev–Trinajstić information content (AvgIpc) is 1.55. The maximum absolute atomic E-state index is 13.9. The standard InChI is InChI=1S/C67H96F2N10O10/c1-43(2)63-76-75-55(79(63)50-36-48-18-19-49(37-50)78(48)33-25-51(45-13-9-8-10-14-45)74-64(85)46-21-26-65(68,69)27-22-46)24-32-72-58(83)41-87-39-56(81)70-30-11-6-4-3-5-7-12-31-71-57(82)40-88-42-59(84)73-52-23-28-67(86)54-35-47-17-20-53(80)61-60(47)66(67,62(52)89-61)29-34-77(54)38-44-15-16-44/h8-10,13-14,17,20,43-44,46,48-52,54,62,80,86H,3-7,11-12,15-16,18-19,21-42H2,1-2H3,(H,70,81)(H,71,82)(H,72,83)(H,73,84)(H,74,85)/t48-,49+,50?,51-,52+,54+,62-,66-,67+/m0/s1. The van der Waals surface area contributed by atoms with Gasteiger partial charge in [-0.3, -0.25) is 33.8 Å². The highest BCUT2D eigenvalue weighted by atomic mass is 19.3. The Morgan fingerprint density at radius 3 is 2.00 bits per heavy atom. The van der Waals surface area contributed by atoms with Gasteiger partial charge in [0.2, 0.25) is 35.5 Å². The smallest absolute Gasteiger partial charge is 0.248 e. The Bertz CT molecular complexity index is 2930. The van der Waals surface area contributed by atoms with E-state index < -0.39 is 35.0 Å². The second-order valence-electron chi connectivity index (χ2n) is 27.4. The van der Waals surface area contributed by atoms with Crippen LogP contribution in [0.1, 0.15) is 195 Å². The van der Waals surface area contributed by atoms with E-state index in [9.17, 15) is 43.0 Å². The molecule has 5 heterocycles. The molecule has 1 unspecified atom stereocenters. The number of aromatic hydroxyl groups is 1. The predicted molar refractivity (Wildman–Crippen MR) is 328 cm³/mol. The second kappa shape index (κ2) is 28.8. The Morgan fingerprint density at radius 1 is 0.730 bits per heavy atom. The summed E-state index contributed by atoms with van der Waals surface area (Å²) >= 11 is 0. The molecule has 4 aliphatic heterocycles. The van der Waals surface area contributed by atoms with Crippen molar-refractivity contribution in [1.29, 1.82) is 0 Å². The fourth-order valence-electron chi connectivity index (χ4n) is 16.4. The van der Waals surface area contributed by atoms with Crippen molar-refractivity contribution in [3.63, 3.8) is 0 Å². The second-order valence-corrected chi connectivity index (χ2v) is 27.4. The van der Waals surface area contributed by atoms with Crippen molar-refractivity contribution in [2.24, 2.45) is 11.8 Å². The van der Waals surface area contributed by atoms with E-state index >= 15 is 0 Å². The summed E-state index contributed by atoms with van der Waals surface area (Å²) in [4.78, 5) is 69.6. The van der Waals surface area contributed by atoms with Gasteiger partial charge in [0.1, 0.15) is 44.2 Å². The molecule has 8 aliphatic rings. The number of rotatable bonds is 32. The number of nitrogens with zero attached hydrogens (tertiary/aromatic N) is 5. The molecular weight excluding hydrogens is 1140 g/mol. The quantitative estimate of drug-likeness (QED) is 0.0320. The van der Waals surface area contributed by atoms with Crippen LogP contribution in [-0.2, 0) is 51.7 Å². The number of benzene rings is 2. The van der Waals surface area contributed by atoms with E-state index in [0.29, 0.717) is 75.5 Å². The van der Waals surface area contributed by atoms with Gasteiger partial charge in [-0.25, -0.2) is 8.78 Å². The molecular formula is C67H96F2N10O10. The topological polar surface area (TPSA) is 251 Å². The minimum atomic E-state index is -2.68. The molecule has 488 valence electrons. The van der Waals surface area contributed by atoms with Gasteiger partial charge in [0, 0.05) is 93.6 Å². The molecule has 1 aromatic heterocycles. The molecule has 9 atom stereocenters. The maximum Gasteiger partial charge on any atom is 0.248 e. The minimum absolute atomic E-state index is 0.0446. The lowest BCUT2D eigenvalue weighted by Gasteiger charge is -2.64. The van der Waals surface area contributed by atoms with E-state index in [2.05, 4.69) is 65.0 Å². The molecule has 4 bridgehead atoms. The first kappa shape index (κ1) is 64.7. The first-order valence-electron chi connectivity index (χ1n) is 33.7. The highest BCUT2D eigenvalue weighted by Gasteiger charge is 2.73. The van der Waals surface area contributed by atoms with Crippen LogP contribution in [0.5, 0.6) is 11.5 Å². The van der Waals surface area contributed by atoms with Gasteiger partial charge in [0.05, 0.1) is 23.1 Å². The average molecular weight is 1240 g/mol. The van der Waals surface area contributed by atoms with E-state index in [4.69, 9.17) is 14.2 Å². The zero-order chi connectivity index (χ0) is 62.3. The number of likely N-dealkylation sites (tertiary alicyclic amines) is 1. The van der Waals surface area contributed by atoms with E-state index in [1.807, 2.05) is 36.4 Å². The fraction of sp³-hybridized carbons (Fsp3) is 0.716. The molecule has 6 fully saturated rings. The zero-order valence-corrected chi connectivity index (χ0v) is 52.3. The van der Waals surface area contributed by atoms with Gasteiger partial charge in [-0.15, -0.1) is 10.2 Å². The monoisotopic (exact) mass is 1240 g/mol. The van der Waals surface area contributed by atoms with Gasteiger partial charge < -0.3 is 55.6 Å². The number of ether oxygens (including phenoxy) is 3. The summed E-state index contributed by atoms with van der Waals surface area (Å²) in [5.41, 5.74) is 1.28. The Balaban J connectivity index is 0.509. The number of aromatic nitrogens is 3. The third-order valence-electron chi connectivity index (χ3n) is 21.0. The molecule has 11 rings (SSSR count). The lowest BCUT2D eigenvalue weighted by atomic mass is 9.48. The highest BCUT2D eigenvalue weighted by Crippen LogP contribution is 2.65. The van der Waals surface area contributed by atoms with E-state index in [-0.39, 0.29) is 111 Å². The summed E-state index contributed by atoms with van der Waals surface area (Å²) in [6.07, 6.45) is 16.2. The van der Waals surface area contributed by atoms with Crippen molar-refractivity contribution in [1.82, 2.24) is 51.1 Å². The Labute approximate surface area is 522 Å². The van der Waals surface area contributed by atoms with Crippen LogP contribution in [0.3, 0.4) is 0 Å². The summed E-state index contributed by atoms with van der Waals surface area (Å²) < 4.78 is 47.7. The molecule has 20 nitrogen and oxygen atoms in total. The van der Waals surface area contributed by atoms with Crippen LogP contribution in [0.4, 0.5) is 8.78 Å². The number of carbonyl (C=O) groups excluding carboxylic acids is 5. The summed E-state index contributed by atoms with van der Waals surface area (Å²) in [5.74, 6) is -1.31. The highest BCUT2D eigenvalue weighted by molar-refractivity contribution is 5.81. The van der Waals surface area contributed by atoms with Crippen LogP contribution >= 0.6 is 0 Å². The third-order valence-corrected chi connectivity index (χ3v) is 21.0. The van der Waals surface area contributed by atoms with E-state index in [1.165, 1.54) is 12.8 Å². The van der Waals surface area contributed by atoms with Crippen molar-refractivity contribution in [2.75, 3.05) is 65.7 Å². The number of amides is 5. The van der Waals surface area contributed by atoms with Gasteiger partial charge in [-0.1, -0.05) is 82.3 Å². The first-order valence-corrected chi connectivity index (χ1v) is 33.7. The number of piperidine rings is 2. The number of nitrogens with one attached hydrogen (secondary N) is 5. The fourth-order valence-corrected chi connectivity index (χ4v) is 16.4. The lowest BCUT2D eigenvalue weighted by molar-refractivity contribution is -0.192. The largest absolute Gasteiger partial charge is 0.504 e. The Hall–Kier alpha value is -5.81. The van der Waals surface area contributed by atoms with Crippen molar-refractivity contribution in [2.45, 2.75) is 227 Å². The molecule has 22 heteroatoms. The van der Waals surface area contributed by atoms with Crippen LogP contribution in [0.25, 0.3) is 0 Å². The minimum Gasteiger partial charge on any atom is -0.504 e. The van der Waals surface area contributed by atoms with Crippen molar-refractivity contribution >= 4 is 29.5 Å². The SMILES string of the molecule is CC(C)c1nnc(CCNC(=O)COCC(=O)NCCCCCCCCCNC(=O)COCC(=O)N[C@@H]2CC[C@@]3(O)[C@H]4Cc5ccc(O)c6c5[C@@]3(CCN4CC3CC3)[C@H]2O6)n1C1C[C@H]2CC[C@@H](C1)N2CC[C@H](NC(=O)C1CCC(F)(F)CC1)c1ccccc1. The number of alkyl halides is 2. The van der Waals surface area contributed by atoms with Gasteiger partial charge in [-0.05, 0) is 126 Å². The molecule has 0 radical (unpaired) electrons. The van der Waals surface area contributed by atoms with Gasteiger partial charge >= 0.3 is 0 Å². The maximum atomic E-state index is 13.9. The molecule has 2 aromatic carbocycles. The number of phenolic OH excluding ortho intramolecular Hbond substituents is 1. The number of hydrogen-bond acceptors (Lipinski definition) is 14. The molecule has 1 spiro atoms. The summed E-state index contributed by atoms with van der Waals surface area (Å²) in [6.45, 7) is 7.30. The number of fused-ring (bicyclic) bond motifs is 2. The lowest BCUT2D eigenvalue weighted by Crippen LogP contribution is -2.78. The van der Waals surface area contributed by atoms with Crippen molar-refractivity contribution in [3.05, 3.63) is 70.8 Å². The van der Waals surface area contributed by atoms with Crippen LogP contribution in [-0.4, -0.2) is 172 Å². The molecule has 3 saturated carbocycles. The van der Waals surface area contributed by atoms with Gasteiger partial charge in [0.25, 0.3) is 0 Å². The van der Waals surface area contributed by atoms with E-state index in [0.717, 1.165) is 125 Å². The number of unbranched alkanes of at least 4 members (excludes halogenated alkanes) is 6. The molecule has 89 heavy (non-hydrogen) atoms.